The molecule has 5 heteroatoms. The van der Waals surface area contributed by atoms with E-state index >= 15 is 0 Å². The summed E-state index contributed by atoms with van der Waals surface area (Å²) in [6, 6.07) is 10.7. The minimum atomic E-state index is -0.928. The fourth-order valence-corrected chi connectivity index (χ4v) is 2.35. The van der Waals surface area contributed by atoms with Crippen LogP contribution in [-0.4, -0.2) is 27.2 Å². The van der Waals surface area contributed by atoms with Crippen LogP contribution in [-0.2, 0) is 0 Å². The maximum absolute atomic E-state index is 11.3. The van der Waals surface area contributed by atoms with Gasteiger partial charge in [-0.15, -0.1) is 0 Å². The monoisotopic (exact) mass is 282 g/mol. The lowest BCUT2D eigenvalue weighted by atomic mass is 10.1. The fraction of sp³-hybridized carbons (Fsp3) is 0.125. The number of rotatable bonds is 4. The van der Waals surface area contributed by atoms with E-state index in [1.54, 1.807) is 24.4 Å². The summed E-state index contributed by atoms with van der Waals surface area (Å²) < 4.78 is 7.32. The molecule has 3 rings (SSSR count). The smallest absolute Gasteiger partial charge is 0.336 e. The van der Waals surface area contributed by atoms with Crippen LogP contribution in [0.25, 0.3) is 16.6 Å². The Balaban J connectivity index is 2.15. The average Bonchev–Trinajstić information content (AvgIpc) is 2.91. The molecule has 0 saturated carbocycles. The summed E-state index contributed by atoms with van der Waals surface area (Å²) in [5.41, 5.74) is 2.01. The van der Waals surface area contributed by atoms with Crippen molar-refractivity contribution in [3.63, 3.8) is 0 Å². The summed E-state index contributed by atoms with van der Waals surface area (Å²) in [6.45, 7) is 2.45. The van der Waals surface area contributed by atoms with Crippen LogP contribution in [0.2, 0.25) is 0 Å². The number of benzene rings is 1. The summed E-state index contributed by atoms with van der Waals surface area (Å²) in [6.07, 6.45) is 3.52. The van der Waals surface area contributed by atoms with Crippen LogP contribution in [0.4, 0.5) is 0 Å². The maximum atomic E-state index is 11.3. The number of fused-ring (bicyclic) bond motifs is 1. The number of hydrogen-bond acceptors (Lipinski definition) is 3. The van der Waals surface area contributed by atoms with Gasteiger partial charge in [-0.25, -0.2) is 9.78 Å². The summed E-state index contributed by atoms with van der Waals surface area (Å²) in [5.74, 6) is -0.380. The van der Waals surface area contributed by atoms with E-state index in [4.69, 9.17) is 4.74 Å². The van der Waals surface area contributed by atoms with E-state index < -0.39 is 5.97 Å². The lowest BCUT2D eigenvalue weighted by Gasteiger charge is -2.08. The van der Waals surface area contributed by atoms with Crippen molar-refractivity contribution in [2.75, 3.05) is 6.61 Å². The largest absolute Gasteiger partial charge is 0.478 e. The predicted octanol–water partition coefficient (Wildman–Crippen LogP) is 3.12. The third-order valence-electron chi connectivity index (χ3n) is 3.25. The molecule has 2 heterocycles. The first kappa shape index (κ1) is 13.2. The van der Waals surface area contributed by atoms with E-state index in [0.29, 0.717) is 23.4 Å². The minimum absolute atomic E-state index is 0.297. The lowest BCUT2D eigenvalue weighted by Crippen LogP contribution is -1.99. The van der Waals surface area contributed by atoms with Crippen molar-refractivity contribution >= 4 is 16.9 Å². The van der Waals surface area contributed by atoms with Crippen molar-refractivity contribution < 1.29 is 14.6 Å². The second-order valence-corrected chi connectivity index (χ2v) is 4.51. The molecule has 0 aliphatic carbocycles. The first-order valence-corrected chi connectivity index (χ1v) is 6.63. The third-order valence-corrected chi connectivity index (χ3v) is 3.25. The molecule has 0 saturated heterocycles. The van der Waals surface area contributed by atoms with E-state index in [0.717, 1.165) is 11.2 Å². The first-order valence-electron chi connectivity index (χ1n) is 6.63. The number of aromatic nitrogens is 2. The Morgan fingerprint density at radius 1 is 1.33 bits per heavy atom. The second-order valence-electron chi connectivity index (χ2n) is 4.51. The van der Waals surface area contributed by atoms with Crippen molar-refractivity contribution in [3.8, 4) is 11.6 Å². The maximum Gasteiger partial charge on any atom is 0.336 e. The molecule has 0 spiro atoms. The van der Waals surface area contributed by atoms with Gasteiger partial charge in [0.05, 0.1) is 23.4 Å². The Morgan fingerprint density at radius 3 is 2.95 bits per heavy atom. The summed E-state index contributed by atoms with van der Waals surface area (Å²) in [7, 11) is 0. The molecule has 0 atom stereocenters. The number of carbonyl (C=O) groups is 1. The SMILES string of the molecule is CCOc1cc(-n2ccc3c(C(=O)O)cccc32)ccn1. The molecular weight excluding hydrogens is 268 g/mol. The predicted molar refractivity (Wildman–Crippen MR) is 79.2 cm³/mol. The van der Waals surface area contributed by atoms with Gasteiger partial charge >= 0.3 is 5.97 Å². The van der Waals surface area contributed by atoms with Crippen molar-refractivity contribution in [1.29, 1.82) is 0 Å². The lowest BCUT2D eigenvalue weighted by molar-refractivity contribution is 0.0699. The Hall–Kier alpha value is -2.82. The molecule has 0 bridgehead atoms. The number of carboxylic acids is 1. The molecule has 0 aliphatic heterocycles. The first-order chi connectivity index (χ1) is 10.2. The molecule has 0 unspecified atom stereocenters. The van der Waals surface area contributed by atoms with Gasteiger partial charge in [0.1, 0.15) is 0 Å². The van der Waals surface area contributed by atoms with Gasteiger partial charge in [-0.1, -0.05) is 6.07 Å². The standard InChI is InChI=1S/C16H14N2O3/c1-2-21-15-10-11(6-8-17-15)18-9-7-12-13(16(19)20)4-3-5-14(12)18/h3-10H,2H2,1H3,(H,19,20). The highest BCUT2D eigenvalue weighted by Gasteiger charge is 2.11. The zero-order chi connectivity index (χ0) is 14.8. The second kappa shape index (κ2) is 5.28. The van der Waals surface area contributed by atoms with Crippen molar-refractivity contribution in [3.05, 3.63) is 54.4 Å². The van der Waals surface area contributed by atoms with Gasteiger partial charge < -0.3 is 14.4 Å². The van der Waals surface area contributed by atoms with Crippen LogP contribution in [0.3, 0.4) is 0 Å². The quantitative estimate of drug-likeness (QED) is 0.798. The van der Waals surface area contributed by atoms with Crippen LogP contribution in [0.15, 0.2) is 48.8 Å². The number of nitrogens with zero attached hydrogens (tertiary/aromatic N) is 2. The van der Waals surface area contributed by atoms with Crippen molar-refractivity contribution in [2.45, 2.75) is 6.92 Å². The van der Waals surface area contributed by atoms with Crippen LogP contribution in [0.1, 0.15) is 17.3 Å². The van der Waals surface area contributed by atoms with Crippen LogP contribution in [0, 0.1) is 0 Å². The van der Waals surface area contributed by atoms with Crippen LogP contribution in [0.5, 0.6) is 5.88 Å². The zero-order valence-corrected chi connectivity index (χ0v) is 11.5. The molecule has 2 aromatic heterocycles. The number of ether oxygens (including phenoxy) is 1. The molecule has 3 aromatic rings. The zero-order valence-electron chi connectivity index (χ0n) is 11.5. The fourth-order valence-electron chi connectivity index (χ4n) is 2.35. The average molecular weight is 282 g/mol. The molecule has 5 nitrogen and oxygen atoms in total. The molecule has 1 N–H and O–H groups in total. The number of pyridine rings is 1. The summed E-state index contributed by atoms with van der Waals surface area (Å²) in [4.78, 5) is 15.4. The van der Waals surface area contributed by atoms with E-state index in [1.165, 1.54) is 0 Å². The van der Waals surface area contributed by atoms with Crippen molar-refractivity contribution in [2.24, 2.45) is 0 Å². The topological polar surface area (TPSA) is 64.3 Å². The van der Waals surface area contributed by atoms with Gasteiger partial charge in [0, 0.05) is 23.8 Å². The van der Waals surface area contributed by atoms with Gasteiger partial charge in [0.15, 0.2) is 0 Å². The Bertz CT molecular complexity index is 808. The molecular formula is C16H14N2O3. The highest BCUT2D eigenvalue weighted by atomic mass is 16.5. The molecule has 0 radical (unpaired) electrons. The van der Waals surface area contributed by atoms with Gasteiger partial charge in [-0.05, 0) is 31.2 Å². The Labute approximate surface area is 121 Å². The Morgan fingerprint density at radius 2 is 2.19 bits per heavy atom. The molecule has 0 aliphatic rings. The number of hydrogen-bond donors (Lipinski definition) is 1. The van der Waals surface area contributed by atoms with Gasteiger partial charge in [-0.3, -0.25) is 0 Å². The van der Waals surface area contributed by atoms with Gasteiger partial charge in [0.2, 0.25) is 5.88 Å². The molecule has 0 amide bonds. The normalized spacial score (nSPS) is 10.7. The van der Waals surface area contributed by atoms with E-state index in [-0.39, 0.29) is 0 Å². The van der Waals surface area contributed by atoms with Crippen molar-refractivity contribution in [1.82, 2.24) is 9.55 Å². The molecule has 1 aromatic carbocycles. The molecule has 0 fully saturated rings. The molecule has 21 heavy (non-hydrogen) atoms. The van der Waals surface area contributed by atoms with E-state index in [9.17, 15) is 9.90 Å². The van der Waals surface area contributed by atoms with Crippen LogP contribution < -0.4 is 4.74 Å². The summed E-state index contributed by atoms with van der Waals surface area (Å²) >= 11 is 0. The summed E-state index contributed by atoms with van der Waals surface area (Å²) in [5, 5.41) is 9.95. The minimum Gasteiger partial charge on any atom is -0.478 e. The van der Waals surface area contributed by atoms with E-state index in [2.05, 4.69) is 4.98 Å². The van der Waals surface area contributed by atoms with E-state index in [1.807, 2.05) is 35.9 Å². The van der Waals surface area contributed by atoms with Crippen LogP contribution >= 0.6 is 0 Å². The number of carboxylic acid groups (broad SMARTS) is 1. The third kappa shape index (κ3) is 2.33. The van der Waals surface area contributed by atoms with Gasteiger partial charge in [0.25, 0.3) is 0 Å². The highest BCUT2D eigenvalue weighted by Crippen LogP contribution is 2.24. The number of aromatic carboxylic acids is 1. The van der Waals surface area contributed by atoms with Gasteiger partial charge in [-0.2, -0.15) is 0 Å². The molecule has 106 valence electrons. The Kier molecular flexibility index (Phi) is 3.31. The highest BCUT2D eigenvalue weighted by molar-refractivity contribution is 6.03.